The van der Waals surface area contributed by atoms with Crippen molar-refractivity contribution in [3.63, 3.8) is 0 Å². The Hall–Kier alpha value is -4.14. The van der Waals surface area contributed by atoms with Gasteiger partial charge < -0.3 is 19.3 Å². The molecule has 9 nitrogen and oxygen atoms in total. The van der Waals surface area contributed by atoms with Gasteiger partial charge in [0.1, 0.15) is 28.9 Å². The Labute approximate surface area is 177 Å². The number of benzene rings is 2. The lowest BCUT2D eigenvalue weighted by atomic mass is 10.1. The molecule has 2 aromatic heterocycles. The quantitative estimate of drug-likeness (QED) is 0.489. The highest BCUT2D eigenvalue weighted by Crippen LogP contribution is 2.29. The summed E-state index contributed by atoms with van der Waals surface area (Å²) in [4.78, 5) is 29.7. The van der Waals surface area contributed by atoms with Crippen LogP contribution in [-0.2, 0) is 11.3 Å². The van der Waals surface area contributed by atoms with E-state index in [2.05, 4.69) is 15.5 Å². The zero-order chi connectivity index (χ0) is 21.8. The largest absolute Gasteiger partial charge is 0.497 e. The van der Waals surface area contributed by atoms with E-state index in [-0.39, 0.29) is 35.5 Å². The smallest absolute Gasteiger partial charge is 0.266 e. The predicted octanol–water partition coefficient (Wildman–Crippen LogP) is 3.10. The van der Waals surface area contributed by atoms with Gasteiger partial charge in [0.2, 0.25) is 5.91 Å². The number of nitrogens with one attached hydrogen (secondary N) is 1. The Morgan fingerprint density at radius 1 is 1.13 bits per heavy atom. The lowest BCUT2D eigenvalue weighted by Gasteiger charge is -2.12. The number of aryl methyl sites for hydroxylation is 1. The number of hydrogen-bond acceptors (Lipinski definition) is 7. The highest BCUT2D eigenvalue weighted by molar-refractivity contribution is 5.92. The molecule has 158 valence electrons. The van der Waals surface area contributed by atoms with Crippen LogP contribution in [-0.4, -0.2) is 34.8 Å². The molecular formula is C22H20N4O5. The van der Waals surface area contributed by atoms with E-state index in [0.29, 0.717) is 22.9 Å². The third-order valence-electron chi connectivity index (χ3n) is 4.77. The summed E-state index contributed by atoms with van der Waals surface area (Å²) in [7, 11) is 3.05. The topological polar surface area (TPSA) is 108 Å². The van der Waals surface area contributed by atoms with Gasteiger partial charge >= 0.3 is 0 Å². The minimum atomic E-state index is -0.322. The molecule has 0 aliphatic rings. The zero-order valence-electron chi connectivity index (χ0n) is 17.0. The third-order valence-corrected chi connectivity index (χ3v) is 4.77. The number of carbonyl (C=O) groups excluding carboxylic acids is 1. The highest BCUT2D eigenvalue weighted by atomic mass is 16.5. The van der Waals surface area contributed by atoms with Crippen LogP contribution >= 0.6 is 0 Å². The summed E-state index contributed by atoms with van der Waals surface area (Å²) in [6.07, 6.45) is 1.41. The molecule has 0 atom stereocenters. The van der Waals surface area contributed by atoms with Crippen molar-refractivity contribution >= 4 is 22.7 Å². The number of methoxy groups -OCH3 is 2. The maximum Gasteiger partial charge on any atom is 0.266 e. The maximum absolute atomic E-state index is 13.0. The molecule has 31 heavy (non-hydrogen) atoms. The fraction of sp³-hybridized carbons (Fsp3) is 0.182. The predicted molar refractivity (Wildman–Crippen MR) is 114 cm³/mol. The third kappa shape index (κ3) is 4.11. The average Bonchev–Trinajstić information content (AvgIpc) is 3.24. The van der Waals surface area contributed by atoms with Crippen molar-refractivity contribution in [2.24, 2.45) is 0 Å². The van der Waals surface area contributed by atoms with Crippen molar-refractivity contribution in [3.05, 3.63) is 65.2 Å². The number of hydrogen-bond donors (Lipinski definition) is 1. The van der Waals surface area contributed by atoms with Gasteiger partial charge in [0, 0.05) is 24.6 Å². The van der Waals surface area contributed by atoms with Gasteiger partial charge in [-0.15, -0.1) is 0 Å². The molecule has 4 aromatic rings. The fourth-order valence-corrected chi connectivity index (χ4v) is 3.18. The molecule has 0 unspecified atom stereocenters. The number of ether oxygens (including phenoxy) is 2. The molecule has 1 amide bonds. The van der Waals surface area contributed by atoms with E-state index in [4.69, 9.17) is 14.0 Å². The van der Waals surface area contributed by atoms with Gasteiger partial charge in [-0.2, -0.15) is 0 Å². The van der Waals surface area contributed by atoms with Gasteiger partial charge in [0.05, 0.1) is 19.9 Å². The minimum absolute atomic E-state index is 0.0550. The average molecular weight is 420 g/mol. The van der Waals surface area contributed by atoms with E-state index in [1.807, 2.05) is 30.3 Å². The molecule has 0 aliphatic carbocycles. The monoisotopic (exact) mass is 420 g/mol. The van der Waals surface area contributed by atoms with Crippen molar-refractivity contribution in [1.29, 1.82) is 0 Å². The number of nitrogens with zero attached hydrogens (tertiary/aromatic N) is 3. The van der Waals surface area contributed by atoms with Crippen LogP contribution in [0.2, 0.25) is 0 Å². The first-order valence-electron chi connectivity index (χ1n) is 9.53. The molecular weight excluding hydrogens is 400 g/mol. The van der Waals surface area contributed by atoms with Gasteiger partial charge in [-0.3, -0.25) is 14.2 Å². The number of amides is 1. The summed E-state index contributed by atoms with van der Waals surface area (Å²) >= 11 is 0. The van der Waals surface area contributed by atoms with E-state index in [0.717, 1.165) is 5.56 Å². The van der Waals surface area contributed by atoms with Gasteiger partial charge in [0.15, 0.2) is 0 Å². The van der Waals surface area contributed by atoms with Crippen LogP contribution in [0.5, 0.6) is 11.5 Å². The number of aromatic nitrogens is 3. The lowest BCUT2D eigenvalue weighted by molar-refractivity contribution is -0.116. The van der Waals surface area contributed by atoms with Gasteiger partial charge in [-0.25, -0.2) is 4.98 Å². The first-order chi connectivity index (χ1) is 15.1. The number of carbonyl (C=O) groups is 1. The second kappa shape index (κ2) is 8.70. The molecule has 0 radical (unpaired) electrons. The molecule has 0 aliphatic heterocycles. The molecule has 4 rings (SSSR count). The maximum atomic E-state index is 13.0. The van der Waals surface area contributed by atoms with E-state index in [1.165, 1.54) is 25.1 Å². The Morgan fingerprint density at radius 3 is 2.68 bits per heavy atom. The molecule has 0 fully saturated rings. The van der Waals surface area contributed by atoms with Gasteiger partial charge in [-0.1, -0.05) is 35.5 Å². The zero-order valence-corrected chi connectivity index (χ0v) is 17.0. The minimum Gasteiger partial charge on any atom is -0.497 e. The number of rotatable bonds is 7. The molecule has 0 spiro atoms. The normalized spacial score (nSPS) is 10.8. The number of fused-ring (bicyclic) bond motifs is 1. The summed E-state index contributed by atoms with van der Waals surface area (Å²) in [5.41, 5.74) is 1.49. The second-order valence-corrected chi connectivity index (χ2v) is 6.68. The van der Waals surface area contributed by atoms with E-state index < -0.39 is 0 Å². The molecule has 0 saturated heterocycles. The van der Waals surface area contributed by atoms with Gasteiger partial charge in [-0.05, 0) is 12.1 Å². The fourth-order valence-electron chi connectivity index (χ4n) is 3.18. The molecule has 2 aromatic carbocycles. The van der Waals surface area contributed by atoms with E-state index >= 15 is 0 Å². The standard InChI is InChI=1S/C22H20N4O5/c1-29-15-8-9-17(30-2)16(12-15)24-18(27)10-11-26-13-23-21-19(22(26)28)20(25-31-21)14-6-4-3-5-7-14/h3-9,12-13H,10-11H2,1-2H3,(H,24,27). The number of anilines is 1. The van der Waals surface area contributed by atoms with Crippen molar-refractivity contribution in [3.8, 4) is 22.8 Å². The van der Waals surface area contributed by atoms with Crippen LogP contribution in [0.4, 0.5) is 5.69 Å². The van der Waals surface area contributed by atoms with Crippen LogP contribution in [0.3, 0.4) is 0 Å². The lowest BCUT2D eigenvalue weighted by Crippen LogP contribution is -2.23. The van der Waals surface area contributed by atoms with E-state index in [1.54, 1.807) is 18.2 Å². The van der Waals surface area contributed by atoms with Crippen LogP contribution in [0.15, 0.2) is 64.2 Å². The molecule has 9 heteroatoms. The molecule has 0 bridgehead atoms. The summed E-state index contributed by atoms with van der Waals surface area (Å²) < 4.78 is 17.0. The Balaban J connectivity index is 1.54. The van der Waals surface area contributed by atoms with Crippen molar-refractivity contribution in [2.75, 3.05) is 19.5 Å². The summed E-state index contributed by atoms with van der Waals surface area (Å²) in [5, 5.41) is 7.06. The van der Waals surface area contributed by atoms with Crippen LogP contribution < -0.4 is 20.3 Å². The van der Waals surface area contributed by atoms with Crippen LogP contribution in [0.25, 0.3) is 22.4 Å². The Bertz CT molecular complexity index is 1280. The first kappa shape index (κ1) is 20.1. The van der Waals surface area contributed by atoms with Crippen LogP contribution in [0.1, 0.15) is 6.42 Å². The first-order valence-corrected chi connectivity index (χ1v) is 9.53. The van der Waals surface area contributed by atoms with Crippen molar-refractivity contribution < 1.29 is 18.8 Å². The van der Waals surface area contributed by atoms with Gasteiger partial charge in [0.25, 0.3) is 11.3 Å². The van der Waals surface area contributed by atoms with E-state index in [9.17, 15) is 9.59 Å². The van der Waals surface area contributed by atoms with Crippen molar-refractivity contribution in [2.45, 2.75) is 13.0 Å². The highest BCUT2D eigenvalue weighted by Gasteiger charge is 2.17. The SMILES string of the molecule is COc1ccc(OC)c(NC(=O)CCn2cnc3onc(-c4ccccc4)c3c2=O)c1. The molecule has 2 heterocycles. The molecule has 1 N–H and O–H groups in total. The molecule has 0 saturated carbocycles. The van der Waals surface area contributed by atoms with Crippen LogP contribution in [0, 0.1) is 0 Å². The summed E-state index contributed by atoms with van der Waals surface area (Å²) in [6.45, 7) is 0.138. The Kier molecular flexibility index (Phi) is 5.65. The summed E-state index contributed by atoms with van der Waals surface area (Å²) in [6, 6.07) is 14.3. The van der Waals surface area contributed by atoms with Crippen molar-refractivity contribution in [1.82, 2.24) is 14.7 Å². The second-order valence-electron chi connectivity index (χ2n) is 6.68. The summed E-state index contributed by atoms with van der Waals surface area (Å²) in [5.74, 6) is 0.807. The Morgan fingerprint density at radius 2 is 1.94 bits per heavy atom.